The van der Waals surface area contributed by atoms with Gasteiger partial charge in [0.25, 0.3) is 0 Å². The van der Waals surface area contributed by atoms with Gasteiger partial charge in [0.15, 0.2) is 0 Å². The molecule has 0 saturated carbocycles. The normalized spacial score (nSPS) is 19.7. The molecule has 1 fully saturated rings. The summed E-state index contributed by atoms with van der Waals surface area (Å²) in [6.07, 6.45) is 5.38. The molecule has 2 rings (SSSR count). The first-order chi connectivity index (χ1) is 10.1. The van der Waals surface area contributed by atoms with Crippen LogP contribution in [-0.2, 0) is 11.3 Å². The molecule has 21 heavy (non-hydrogen) atoms. The SMILES string of the molecule is Cc1nc(C)n(CCNC(=O)CC[C@@H]2CCCCN2C)n1. The fraction of sp³-hybridized carbons (Fsp3) is 0.800. The number of hydrogen-bond donors (Lipinski definition) is 1. The lowest BCUT2D eigenvalue weighted by molar-refractivity contribution is -0.121. The minimum atomic E-state index is 0.142. The summed E-state index contributed by atoms with van der Waals surface area (Å²) in [7, 11) is 2.16. The number of hydrogen-bond acceptors (Lipinski definition) is 4. The minimum absolute atomic E-state index is 0.142. The van der Waals surface area contributed by atoms with E-state index in [0.717, 1.165) is 24.6 Å². The average molecular weight is 293 g/mol. The van der Waals surface area contributed by atoms with Gasteiger partial charge in [0.05, 0.1) is 6.54 Å². The Morgan fingerprint density at radius 1 is 1.38 bits per heavy atom. The largest absolute Gasteiger partial charge is 0.354 e. The van der Waals surface area contributed by atoms with Crippen LogP contribution >= 0.6 is 0 Å². The second-order valence-corrected chi connectivity index (χ2v) is 5.95. The first-order valence-corrected chi connectivity index (χ1v) is 7.91. The van der Waals surface area contributed by atoms with Gasteiger partial charge >= 0.3 is 0 Å². The van der Waals surface area contributed by atoms with Crippen LogP contribution in [0.15, 0.2) is 0 Å². The maximum atomic E-state index is 11.9. The Hall–Kier alpha value is -1.43. The number of piperidine rings is 1. The number of nitrogens with one attached hydrogen (secondary N) is 1. The number of nitrogens with zero attached hydrogens (tertiary/aromatic N) is 4. The Kier molecular flexibility index (Phi) is 5.73. The number of likely N-dealkylation sites (tertiary alicyclic amines) is 1. The monoisotopic (exact) mass is 293 g/mol. The predicted octanol–water partition coefficient (Wildman–Crippen LogP) is 1.28. The van der Waals surface area contributed by atoms with Crippen molar-refractivity contribution in [3.05, 3.63) is 11.6 Å². The van der Waals surface area contributed by atoms with Crippen LogP contribution in [0.1, 0.15) is 43.8 Å². The topological polar surface area (TPSA) is 63.1 Å². The van der Waals surface area contributed by atoms with Crippen LogP contribution in [-0.4, -0.2) is 51.8 Å². The first kappa shape index (κ1) is 15.9. The molecule has 0 unspecified atom stereocenters. The van der Waals surface area contributed by atoms with Crippen LogP contribution in [0, 0.1) is 13.8 Å². The lowest BCUT2D eigenvalue weighted by Crippen LogP contribution is -2.37. The van der Waals surface area contributed by atoms with Crippen molar-refractivity contribution < 1.29 is 4.79 Å². The molecule has 2 heterocycles. The van der Waals surface area contributed by atoms with Gasteiger partial charge < -0.3 is 10.2 Å². The van der Waals surface area contributed by atoms with Gasteiger partial charge in [-0.15, -0.1) is 0 Å². The Morgan fingerprint density at radius 3 is 2.86 bits per heavy atom. The van der Waals surface area contributed by atoms with Crippen molar-refractivity contribution in [2.75, 3.05) is 20.1 Å². The summed E-state index contributed by atoms with van der Waals surface area (Å²) in [5, 5.41) is 7.26. The highest BCUT2D eigenvalue weighted by atomic mass is 16.1. The summed E-state index contributed by atoms with van der Waals surface area (Å²) in [6, 6.07) is 0.574. The number of rotatable bonds is 6. The van der Waals surface area contributed by atoms with E-state index in [1.54, 1.807) is 0 Å². The molecule has 0 bridgehead atoms. The van der Waals surface area contributed by atoms with Crippen LogP contribution in [0.4, 0.5) is 0 Å². The van der Waals surface area contributed by atoms with Crippen molar-refractivity contribution >= 4 is 5.91 Å². The molecule has 0 spiro atoms. The van der Waals surface area contributed by atoms with Gasteiger partial charge in [0.2, 0.25) is 5.91 Å². The highest BCUT2D eigenvalue weighted by molar-refractivity contribution is 5.75. The standard InChI is InChI=1S/C15H27N5O/c1-12-17-13(2)20(18-12)11-9-16-15(21)8-7-14-6-4-5-10-19(14)3/h14H,4-11H2,1-3H3,(H,16,21)/t14-/m0/s1. The van der Waals surface area contributed by atoms with Gasteiger partial charge in [0.1, 0.15) is 11.6 Å². The summed E-state index contributed by atoms with van der Waals surface area (Å²) in [6.45, 7) is 6.27. The van der Waals surface area contributed by atoms with Gasteiger partial charge in [-0.1, -0.05) is 6.42 Å². The van der Waals surface area contributed by atoms with E-state index in [2.05, 4.69) is 27.3 Å². The van der Waals surface area contributed by atoms with Gasteiger partial charge in [-0.3, -0.25) is 4.79 Å². The van der Waals surface area contributed by atoms with E-state index in [1.165, 1.54) is 19.3 Å². The molecule has 1 saturated heterocycles. The molecule has 0 radical (unpaired) electrons. The molecule has 1 aromatic heterocycles. The van der Waals surface area contributed by atoms with Gasteiger partial charge in [-0.05, 0) is 46.7 Å². The quantitative estimate of drug-likeness (QED) is 0.858. The van der Waals surface area contributed by atoms with E-state index in [4.69, 9.17) is 0 Å². The second kappa shape index (κ2) is 7.54. The number of amides is 1. The minimum Gasteiger partial charge on any atom is -0.354 e. The van der Waals surface area contributed by atoms with Crippen LogP contribution in [0.5, 0.6) is 0 Å². The Morgan fingerprint density at radius 2 is 2.19 bits per heavy atom. The van der Waals surface area contributed by atoms with Crippen LogP contribution in [0.25, 0.3) is 0 Å². The fourth-order valence-corrected chi connectivity index (χ4v) is 2.97. The van der Waals surface area contributed by atoms with Crippen molar-refractivity contribution in [3.63, 3.8) is 0 Å². The molecule has 1 amide bonds. The molecular weight excluding hydrogens is 266 g/mol. The lowest BCUT2D eigenvalue weighted by Gasteiger charge is -2.32. The lowest BCUT2D eigenvalue weighted by atomic mass is 9.98. The number of carbonyl (C=O) groups is 1. The third-order valence-corrected chi connectivity index (χ3v) is 4.23. The smallest absolute Gasteiger partial charge is 0.220 e. The van der Waals surface area contributed by atoms with Crippen molar-refractivity contribution in [3.8, 4) is 0 Å². The molecule has 1 atom stereocenters. The highest BCUT2D eigenvalue weighted by Gasteiger charge is 2.19. The Labute approximate surface area is 126 Å². The van der Waals surface area contributed by atoms with Crippen molar-refractivity contribution in [2.24, 2.45) is 0 Å². The van der Waals surface area contributed by atoms with E-state index in [-0.39, 0.29) is 5.91 Å². The summed E-state index contributed by atoms with van der Waals surface area (Å²) < 4.78 is 1.84. The summed E-state index contributed by atoms with van der Waals surface area (Å²) >= 11 is 0. The maximum absolute atomic E-state index is 11.9. The fourth-order valence-electron chi connectivity index (χ4n) is 2.97. The Bertz CT molecular complexity index is 471. The van der Waals surface area contributed by atoms with Gasteiger partial charge in [-0.2, -0.15) is 5.10 Å². The zero-order valence-electron chi connectivity index (χ0n) is 13.4. The van der Waals surface area contributed by atoms with Crippen molar-refractivity contribution in [1.82, 2.24) is 25.0 Å². The molecule has 6 heteroatoms. The summed E-state index contributed by atoms with van der Waals surface area (Å²) in [5.41, 5.74) is 0. The van der Waals surface area contributed by atoms with E-state index in [1.807, 2.05) is 18.5 Å². The Balaban J connectivity index is 1.64. The number of aromatic nitrogens is 3. The van der Waals surface area contributed by atoms with Crippen molar-refractivity contribution in [2.45, 2.75) is 58.5 Å². The molecule has 1 aliphatic heterocycles. The molecule has 118 valence electrons. The average Bonchev–Trinajstić information content (AvgIpc) is 2.76. The number of aryl methyl sites for hydroxylation is 2. The van der Waals surface area contributed by atoms with Gasteiger partial charge in [-0.25, -0.2) is 9.67 Å². The molecule has 1 N–H and O–H groups in total. The third-order valence-electron chi connectivity index (χ3n) is 4.23. The van der Waals surface area contributed by atoms with Gasteiger partial charge in [0, 0.05) is 19.0 Å². The maximum Gasteiger partial charge on any atom is 0.220 e. The van der Waals surface area contributed by atoms with E-state index < -0.39 is 0 Å². The van der Waals surface area contributed by atoms with Crippen LogP contribution in [0.2, 0.25) is 0 Å². The molecule has 6 nitrogen and oxygen atoms in total. The molecule has 0 aromatic carbocycles. The molecular formula is C15H27N5O. The van der Waals surface area contributed by atoms with E-state index in [0.29, 0.717) is 25.6 Å². The zero-order chi connectivity index (χ0) is 15.2. The third kappa shape index (κ3) is 4.81. The van der Waals surface area contributed by atoms with E-state index >= 15 is 0 Å². The zero-order valence-corrected chi connectivity index (χ0v) is 13.4. The van der Waals surface area contributed by atoms with Crippen molar-refractivity contribution in [1.29, 1.82) is 0 Å². The number of carbonyl (C=O) groups excluding carboxylic acids is 1. The summed E-state index contributed by atoms with van der Waals surface area (Å²) in [4.78, 5) is 18.5. The highest BCUT2D eigenvalue weighted by Crippen LogP contribution is 2.18. The van der Waals surface area contributed by atoms with Crippen LogP contribution < -0.4 is 5.32 Å². The molecule has 0 aliphatic carbocycles. The first-order valence-electron chi connectivity index (χ1n) is 7.91. The molecule has 1 aromatic rings. The summed E-state index contributed by atoms with van der Waals surface area (Å²) in [5.74, 6) is 1.81. The van der Waals surface area contributed by atoms with Crippen LogP contribution in [0.3, 0.4) is 0 Å². The van der Waals surface area contributed by atoms with E-state index in [9.17, 15) is 4.79 Å². The predicted molar refractivity (Wildman–Crippen MR) is 82.0 cm³/mol. The molecule has 1 aliphatic rings. The second-order valence-electron chi connectivity index (χ2n) is 5.95.